The van der Waals surface area contributed by atoms with E-state index in [4.69, 9.17) is 9.84 Å². The van der Waals surface area contributed by atoms with E-state index in [9.17, 15) is 15.3 Å². The number of halogens is 1. The Balaban J connectivity index is 1.95. The summed E-state index contributed by atoms with van der Waals surface area (Å²) in [5.74, 6) is 0. The van der Waals surface area contributed by atoms with E-state index in [1.807, 2.05) is 24.3 Å². The van der Waals surface area contributed by atoms with Gasteiger partial charge in [0.05, 0.1) is 12.7 Å². The maximum Gasteiger partial charge on any atom is 0.111 e. The molecule has 5 atom stereocenters. The molecule has 1 fully saturated rings. The van der Waals surface area contributed by atoms with Crippen molar-refractivity contribution in [2.75, 3.05) is 6.61 Å². The first-order valence-electron chi connectivity index (χ1n) is 6.58. The van der Waals surface area contributed by atoms with Crippen molar-refractivity contribution in [3.63, 3.8) is 0 Å². The predicted molar refractivity (Wildman–Crippen MR) is 76.2 cm³/mol. The molecule has 0 aliphatic carbocycles. The lowest BCUT2D eigenvalue weighted by Crippen LogP contribution is -2.58. The third kappa shape index (κ3) is 3.58. The molecule has 2 rings (SSSR count). The Bertz CT molecular complexity index is 422. The first-order valence-corrected chi connectivity index (χ1v) is 7.37. The third-order valence-corrected chi connectivity index (χ3v) is 4.15. The highest BCUT2D eigenvalue weighted by molar-refractivity contribution is 9.10. The molecular weight excluding hydrogens is 328 g/mol. The fraction of sp³-hybridized carbons (Fsp3) is 0.571. The van der Waals surface area contributed by atoms with Gasteiger partial charge in [-0.15, -0.1) is 0 Å². The largest absolute Gasteiger partial charge is 0.394 e. The van der Waals surface area contributed by atoms with Gasteiger partial charge in [0.1, 0.15) is 24.4 Å². The summed E-state index contributed by atoms with van der Waals surface area (Å²) in [6.45, 7) is -0.389. The fourth-order valence-corrected chi connectivity index (χ4v) is 2.64. The van der Waals surface area contributed by atoms with E-state index < -0.39 is 30.5 Å². The van der Waals surface area contributed by atoms with Crippen LogP contribution in [-0.4, -0.2) is 57.6 Å². The van der Waals surface area contributed by atoms with Gasteiger partial charge < -0.3 is 25.2 Å². The van der Waals surface area contributed by atoms with Crippen molar-refractivity contribution in [2.45, 2.75) is 43.4 Å². The van der Waals surface area contributed by atoms with Crippen LogP contribution in [0.5, 0.6) is 0 Å². The van der Waals surface area contributed by atoms with Crippen molar-refractivity contribution in [3.05, 3.63) is 34.3 Å². The summed E-state index contributed by atoms with van der Waals surface area (Å²) < 4.78 is 6.45. The number of aryl methyl sites for hydroxylation is 1. The van der Waals surface area contributed by atoms with Gasteiger partial charge in [-0.25, -0.2) is 0 Å². The van der Waals surface area contributed by atoms with E-state index in [-0.39, 0.29) is 6.61 Å². The Labute approximate surface area is 126 Å². The Morgan fingerprint density at radius 2 is 1.55 bits per heavy atom. The van der Waals surface area contributed by atoms with Crippen LogP contribution in [0.25, 0.3) is 0 Å². The van der Waals surface area contributed by atoms with Crippen LogP contribution in [0.15, 0.2) is 28.7 Å². The summed E-state index contributed by atoms with van der Waals surface area (Å²) in [5.41, 5.74) is 1.09. The summed E-state index contributed by atoms with van der Waals surface area (Å²) in [5, 5.41) is 38.4. The number of benzene rings is 1. The molecular formula is C14H19BrO5. The maximum absolute atomic E-state index is 9.92. The van der Waals surface area contributed by atoms with Gasteiger partial charge in [-0.2, -0.15) is 0 Å². The van der Waals surface area contributed by atoms with Crippen molar-refractivity contribution in [3.8, 4) is 0 Å². The Hall–Kier alpha value is -0.500. The van der Waals surface area contributed by atoms with Gasteiger partial charge in [0.25, 0.3) is 0 Å². The zero-order chi connectivity index (χ0) is 14.7. The SMILES string of the molecule is OC[C@H]1OC(CCc2ccc(Br)cc2)[C@H](O)[C@@H](O)[C@@H]1O. The molecule has 1 aliphatic rings. The van der Waals surface area contributed by atoms with Gasteiger partial charge >= 0.3 is 0 Å². The molecule has 112 valence electrons. The third-order valence-electron chi connectivity index (χ3n) is 3.62. The van der Waals surface area contributed by atoms with E-state index in [2.05, 4.69) is 15.9 Å². The number of aliphatic hydroxyl groups excluding tert-OH is 4. The van der Waals surface area contributed by atoms with Gasteiger partial charge in [-0.1, -0.05) is 28.1 Å². The molecule has 6 heteroatoms. The predicted octanol–water partition coefficient (Wildman–Crippen LogP) is 0.224. The van der Waals surface area contributed by atoms with E-state index >= 15 is 0 Å². The zero-order valence-electron chi connectivity index (χ0n) is 10.9. The first kappa shape index (κ1) is 15.9. The van der Waals surface area contributed by atoms with Crippen molar-refractivity contribution in [2.24, 2.45) is 0 Å². The fourth-order valence-electron chi connectivity index (χ4n) is 2.38. The van der Waals surface area contributed by atoms with Crippen LogP contribution in [0.1, 0.15) is 12.0 Å². The molecule has 0 saturated carbocycles. The minimum Gasteiger partial charge on any atom is -0.394 e. The second-order valence-electron chi connectivity index (χ2n) is 5.03. The van der Waals surface area contributed by atoms with Gasteiger partial charge in [0.15, 0.2) is 0 Å². The van der Waals surface area contributed by atoms with Gasteiger partial charge in [-0.05, 0) is 30.5 Å². The van der Waals surface area contributed by atoms with Gasteiger partial charge in [0, 0.05) is 4.47 Å². The summed E-state index contributed by atoms with van der Waals surface area (Å²) in [6, 6.07) is 7.80. The molecule has 1 unspecified atom stereocenters. The van der Waals surface area contributed by atoms with Crippen LogP contribution in [0.2, 0.25) is 0 Å². The minimum absolute atomic E-state index is 0.389. The van der Waals surface area contributed by atoms with Crippen molar-refractivity contribution in [1.29, 1.82) is 0 Å². The molecule has 0 amide bonds. The number of ether oxygens (including phenoxy) is 1. The number of aliphatic hydroxyl groups is 4. The molecule has 1 aliphatic heterocycles. The quantitative estimate of drug-likeness (QED) is 0.626. The highest BCUT2D eigenvalue weighted by atomic mass is 79.9. The van der Waals surface area contributed by atoms with E-state index in [0.29, 0.717) is 12.8 Å². The van der Waals surface area contributed by atoms with E-state index in [1.54, 1.807) is 0 Å². The van der Waals surface area contributed by atoms with Crippen molar-refractivity contribution < 1.29 is 25.2 Å². The zero-order valence-corrected chi connectivity index (χ0v) is 12.5. The topological polar surface area (TPSA) is 90.2 Å². The lowest BCUT2D eigenvalue weighted by Gasteiger charge is -2.40. The number of rotatable bonds is 4. The molecule has 1 heterocycles. The first-order chi connectivity index (χ1) is 9.52. The molecule has 0 radical (unpaired) electrons. The number of hydrogen-bond acceptors (Lipinski definition) is 5. The molecule has 1 aromatic rings. The lowest BCUT2D eigenvalue weighted by molar-refractivity contribution is -0.230. The summed E-state index contributed by atoms with van der Waals surface area (Å²) in [4.78, 5) is 0. The minimum atomic E-state index is -1.30. The average molecular weight is 347 g/mol. The molecule has 20 heavy (non-hydrogen) atoms. The van der Waals surface area contributed by atoms with E-state index in [1.165, 1.54) is 0 Å². The Morgan fingerprint density at radius 3 is 2.15 bits per heavy atom. The van der Waals surface area contributed by atoms with Crippen LogP contribution < -0.4 is 0 Å². The molecule has 0 spiro atoms. The smallest absolute Gasteiger partial charge is 0.111 e. The summed E-state index contributed by atoms with van der Waals surface area (Å²) in [6.07, 6.45) is -3.99. The Morgan fingerprint density at radius 1 is 0.950 bits per heavy atom. The molecule has 4 N–H and O–H groups in total. The highest BCUT2D eigenvalue weighted by Crippen LogP contribution is 2.24. The van der Waals surface area contributed by atoms with Crippen LogP contribution in [-0.2, 0) is 11.2 Å². The maximum atomic E-state index is 9.92. The average Bonchev–Trinajstić information content (AvgIpc) is 2.46. The van der Waals surface area contributed by atoms with E-state index in [0.717, 1.165) is 10.0 Å². The highest BCUT2D eigenvalue weighted by Gasteiger charge is 2.42. The molecule has 0 bridgehead atoms. The molecule has 0 aromatic heterocycles. The molecule has 1 saturated heterocycles. The van der Waals surface area contributed by atoms with Gasteiger partial charge in [0.2, 0.25) is 0 Å². The van der Waals surface area contributed by atoms with Gasteiger partial charge in [-0.3, -0.25) is 0 Å². The van der Waals surface area contributed by atoms with Crippen molar-refractivity contribution >= 4 is 15.9 Å². The second-order valence-corrected chi connectivity index (χ2v) is 5.95. The molecule has 5 nitrogen and oxygen atoms in total. The van der Waals surface area contributed by atoms with Crippen LogP contribution in [0.3, 0.4) is 0 Å². The summed E-state index contributed by atoms with van der Waals surface area (Å²) in [7, 11) is 0. The van der Waals surface area contributed by atoms with Crippen LogP contribution in [0, 0.1) is 0 Å². The van der Waals surface area contributed by atoms with Crippen molar-refractivity contribution in [1.82, 2.24) is 0 Å². The summed E-state index contributed by atoms with van der Waals surface area (Å²) >= 11 is 3.36. The van der Waals surface area contributed by atoms with Crippen LogP contribution in [0.4, 0.5) is 0 Å². The normalized spacial score (nSPS) is 34.1. The standard InChI is InChI=1S/C14H19BrO5/c15-9-4-1-8(2-5-9)3-6-10-12(17)14(19)13(18)11(7-16)20-10/h1-2,4-5,10-14,16-19H,3,6-7H2/t10?,11-,12+,13-,14-/m1/s1. The number of hydrogen-bond donors (Lipinski definition) is 4. The molecule has 1 aromatic carbocycles. The lowest BCUT2D eigenvalue weighted by atomic mass is 9.92. The van der Waals surface area contributed by atoms with Crippen LogP contribution >= 0.6 is 15.9 Å². The Kier molecular flexibility index (Phi) is 5.54. The monoisotopic (exact) mass is 346 g/mol. The second kappa shape index (κ2) is 6.98.